The van der Waals surface area contributed by atoms with Crippen LogP contribution in [0.1, 0.15) is 36.8 Å². The minimum absolute atomic E-state index is 0.0882. The van der Waals surface area contributed by atoms with Crippen molar-refractivity contribution >= 4 is 15.7 Å². The normalized spacial score (nSPS) is 15.3. The number of nitrogens with zero attached hydrogens (tertiary/aromatic N) is 2. The van der Waals surface area contributed by atoms with Crippen molar-refractivity contribution in [1.82, 2.24) is 4.31 Å². The third kappa shape index (κ3) is 4.86. The molecule has 0 spiro atoms. The first-order valence-corrected chi connectivity index (χ1v) is 11.0. The molecule has 29 heavy (non-hydrogen) atoms. The van der Waals surface area contributed by atoms with Crippen molar-refractivity contribution in [2.75, 3.05) is 25.5 Å². The number of rotatable bonds is 6. The Kier molecular flexibility index (Phi) is 6.72. The maximum atomic E-state index is 14.1. The number of nitrogens with one attached hydrogen (secondary N) is 1. The van der Waals surface area contributed by atoms with Gasteiger partial charge in [-0.2, -0.15) is 9.57 Å². The first-order chi connectivity index (χ1) is 14.0. The first kappa shape index (κ1) is 21.1. The first-order valence-electron chi connectivity index (χ1n) is 9.56. The van der Waals surface area contributed by atoms with Gasteiger partial charge in [-0.15, -0.1) is 0 Å². The molecule has 0 saturated carbocycles. The molecule has 0 aromatic heterocycles. The molecule has 1 N–H and O–H groups in total. The number of hydrogen-bond acceptors (Lipinski definition) is 5. The van der Waals surface area contributed by atoms with Gasteiger partial charge < -0.3 is 10.1 Å². The van der Waals surface area contributed by atoms with Gasteiger partial charge in [0, 0.05) is 25.2 Å². The number of halogens is 1. The van der Waals surface area contributed by atoms with Gasteiger partial charge in [0.1, 0.15) is 11.6 Å². The molecule has 0 amide bonds. The molecule has 2 aromatic carbocycles. The van der Waals surface area contributed by atoms with Crippen molar-refractivity contribution < 1.29 is 17.5 Å². The van der Waals surface area contributed by atoms with Gasteiger partial charge in [0.15, 0.2) is 0 Å². The van der Waals surface area contributed by atoms with E-state index in [0.29, 0.717) is 35.7 Å². The molecule has 8 heteroatoms. The highest BCUT2D eigenvalue weighted by Gasteiger charge is 2.26. The molecule has 0 atom stereocenters. The van der Waals surface area contributed by atoms with Crippen molar-refractivity contribution in [1.29, 1.82) is 5.26 Å². The Labute approximate surface area is 171 Å². The monoisotopic (exact) mass is 417 g/mol. The van der Waals surface area contributed by atoms with Gasteiger partial charge in [-0.05, 0) is 49.2 Å². The quantitative estimate of drug-likeness (QED) is 0.771. The summed E-state index contributed by atoms with van der Waals surface area (Å²) in [6, 6.07) is 10.7. The van der Waals surface area contributed by atoms with Crippen molar-refractivity contribution in [3.05, 3.63) is 53.3 Å². The standard InChI is InChI=1S/C21H24FN3O3S/c1-28-21-9-7-18(29(26,27)25-10-4-2-3-5-11-25)13-20(21)24-15-17-12-16(14-23)6-8-19(17)22/h6-9,12-13,24H,2-5,10-11,15H2,1H3. The molecular weight excluding hydrogens is 393 g/mol. The Morgan fingerprint density at radius 2 is 1.86 bits per heavy atom. The van der Waals surface area contributed by atoms with Gasteiger partial charge in [-0.3, -0.25) is 0 Å². The molecule has 1 aliphatic heterocycles. The van der Waals surface area contributed by atoms with E-state index in [4.69, 9.17) is 10.00 Å². The van der Waals surface area contributed by atoms with E-state index in [2.05, 4.69) is 5.32 Å². The van der Waals surface area contributed by atoms with Crippen molar-refractivity contribution in [2.45, 2.75) is 37.1 Å². The number of benzene rings is 2. The fourth-order valence-electron chi connectivity index (χ4n) is 3.39. The number of ether oxygens (including phenoxy) is 1. The zero-order chi connectivity index (χ0) is 20.9. The molecule has 1 heterocycles. The van der Waals surface area contributed by atoms with Gasteiger partial charge >= 0.3 is 0 Å². The lowest BCUT2D eigenvalue weighted by Crippen LogP contribution is -2.32. The van der Waals surface area contributed by atoms with Gasteiger partial charge in [-0.25, -0.2) is 12.8 Å². The van der Waals surface area contributed by atoms with E-state index in [1.807, 2.05) is 6.07 Å². The second kappa shape index (κ2) is 9.25. The highest BCUT2D eigenvalue weighted by molar-refractivity contribution is 7.89. The van der Waals surface area contributed by atoms with Crippen LogP contribution < -0.4 is 10.1 Å². The Morgan fingerprint density at radius 1 is 1.14 bits per heavy atom. The summed E-state index contributed by atoms with van der Waals surface area (Å²) in [5.41, 5.74) is 1.12. The third-order valence-corrected chi connectivity index (χ3v) is 6.91. The summed E-state index contributed by atoms with van der Waals surface area (Å²) in [6.45, 7) is 1.12. The average molecular weight is 418 g/mol. The summed E-state index contributed by atoms with van der Waals surface area (Å²) < 4.78 is 47.0. The highest BCUT2D eigenvalue weighted by atomic mass is 32.2. The van der Waals surface area contributed by atoms with Crippen LogP contribution in [0.3, 0.4) is 0 Å². The number of methoxy groups -OCH3 is 1. The Balaban J connectivity index is 1.86. The summed E-state index contributed by atoms with van der Waals surface area (Å²) in [6.07, 6.45) is 3.79. The summed E-state index contributed by atoms with van der Waals surface area (Å²) in [4.78, 5) is 0.175. The predicted molar refractivity (Wildman–Crippen MR) is 109 cm³/mol. The number of sulfonamides is 1. The molecule has 0 bridgehead atoms. The smallest absolute Gasteiger partial charge is 0.243 e. The highest BCUT2D eigenvalue weighted by Crippen LogP contribution is 2.30. The van der Waals surface area contributed by atoms with E-state index in [0.717, 1.165) is 25.7 Å². The van der Waals surface area contributed by atoms with Crippen LogP contribution in [-0.4, -0.2) is 32.9 Å². The number of anilines is 1. The van der Waals surface area contributed by atoms with Crippen LogP contribution in [0.5, 0.6) is 5.75 Å². The van der Waals surface area contributed by atoms with E-state index >= 15 is 0 Å². The summed E-state index contributed by atoms with van der Waals surface area (Å²) in [5, 5.41) is 12.0. The van der Waals surface area contributed by atoms with E-state index in [1.165, 1.54) is 41.7 Å². The number of nitriles is 1. The molecular formula is C21H24FN3O3S. The van der Waals surface area contributed by atoms with Crippen LogP contribution in [0.4, 0.5) is 10.1 Å². The molecule has 6 nitrogen and oxygen atoms in total. The van der Waals surface area contributed by atoms with Crippen LogP contribution >= 0.6 is 0 Å². The molecule has 1 saturated heterocycles. The van der Waals surface area contributed by atoms with E-state index < -0.39 is 15.8 Å². The second-order valence-electron chi connectivity index (χ2n) is 6.95. The minimum Gasteiger partial charge on any atom is -0.495 e. The topological polar surface area (TPSA) is 82.4 Å². The van der Waals surface area contributed by atoms with Gasteiger partial charge in [-0.1, -0.05) is 12.8 Å². The maximum Gasteiger partial charge on any atom is 0.243 e. The molecule has 3 rings (SSSR count). The van der Waals surface area contributed by atoms with Crippen molar-refractivity contribution in [3.8, 4) is 11.8 Å². The van der Waals surface area contributed by atoms with E-state index in [1.54, 1.807) is 6.07 Å². The molecule has 2 aromatic rings. The molecule has 1 fully saturated rings. The maximum absolute atomic E-state index is 14.1. The lowest BCUT2D eigenvalue weighted by atomic mass is 10.1. The van der Waals surface area contributed by atoms with Gasteiger partial charge in [0.2, 0.25) is 10.0 Å². The fourth-order valence-corrected chi connectivity index (χ4v) is 4.93. The lowest BCUT2D eigenvalue weighted by molar-refractivity contribution is 0.414. The molecule has 154 valence electrons. The predicted octanol–water partition coefficient (Wildman–Crippen LogP) is 3.88. The van der Waals surface area contributed by atoms with Crippen LogP contribution in [-0.2, 0) is 16.6 Å². The molecule has 0 aliphatic carbocycles. The van der Waals surface area contributed by atoms with Crippen molar-refractivity contribution in [3.63, 3.8) is 0 Å². The van der Waals surface area contributed by atoms with E-state index in [-0.39, 0.29) is 11.4 Å². The number of hydrogen-bond donors (Lipinski definition) is 1. The average Bonchev–Trinajstić information content (AvgIpc) is 3.03. The second-order valence-corrected chi connectivity index (χ2v) is 8.89. The minimum atomic E-state index is -3.61. The fraction of sp³-hybridized carbons (Fsp3) is 0.381. The van der Waals surface area contributed by atoms with Gasteiger partial charge in [0.05, 0.1) is 29.3 Å². The SMILES string of the molecule is COc1ccc(S(=O)(=O)N2CCCCCC2)cc1NCc1cc(C#N)ccc1F. The third-order valence-electron chi connectivity index (χ3n) is 5.02. The Morgan fingerprint density at radius 3 is 2.52 bits per heavy atom. The largest absolute Gasteiger partial charge is 0.495 e. The summed E-state index contributed by atoms with van der Waals surface area (Å²) >= 11 is 0. The van der Waals surface area contributed by atoms with Crippen LogP contribution in [0, 0.1) is 17.1 Å². The van der Waals surface area contributed by atoms with Gasteiger partial charge in [0.25, 0.3) is 0 Å². The van der Waals surface area contributed by atoms with E-state index in [9.17, 15) is 12.8 Å². The molecule has 0 radical (unpaired) electrons. The zero-order valence-electron chi connectivity index (χ0n) is 16.3. The van der Waals surface area contributed by atoms with Crippen LogP contribution in [0.25, 0.3) is 0 Å². The molecule has 1 aliphatic rings. The summed E-state index contributed by atoms with van der Waals surface area (Å²) in [7, 11) is -2.13. The van der Waals surface area contributed by atoms with Crippen molar-refractivity contribution in [2.24, 2.45) is 0 Å². The zero-order valence-corrected chi connectivity index (χ0v) is 17.1. The Hall–Kier alpha value is -2.63. The van der Waals surface area contributed by atoms with Crippen LogP contribution in [0.15, 0.2) is 41.3 Å². The van der Waals surface area contributed by atoms with Crippen LogP contribution in [0.2, 0.25) is 0 Å². The summed E-state index contributed by atoms with van der Waals surface area (Å²) in [5.74, 6) is 0.0143. The molecule has 0 unspecified atom stereocenters. The Bertz CT molecular complexity index is 1010. The lowest BCUT2D eigenvalue weighted by Gasteiger charge is -2.21.